The fourth-order valence-electron chi connectivity index (χ4n) is 4.84. The van der Waals surface area contributed by atoms with Crippen LogP contribution in [0.3, 0.4) is 0 Å². The summed E-state index contributed by atoms with van der Waals surface area (Å²) in [5, 5.41) is 2.67. The Labute approximate surface area is 206 Å². The van der Waals surface area contributed by atoms with Crippen molar-refractivity contribution >= 4 is 23.6 Å². The number of nitrogens with one attached hydrogen (secondary N) is 1. The third-order valence-corrected chi connectivity index (χ3v) is 6.78. The highest BCUT2D eigenvalue weighted by molar-refractivity contribution is 6.03. The molecular formula is C26H26F3N3O4. The number of cyclic esters (lactones) is 1. The zero-order valence-electron chi connectivity index (χ0n) is 19.5. The standard InChI is InChI=1S/C26H26F3N3O4/c27-17-4-3-5-19(12-17)32(22(33)15-31-10-11-36-25(31)35)23(24(34)30-18-13-26(28,29)14-18)21-7-2-1-6-20(21)16-8-9-16/h1-7,12,16,18,23H,8-11,13-15H2,(H,30,34). The Morgan fingerprint density at radius 1 is 1.14 bits per heavy atom. The van der Waals surface area contributed by atoms with Crippen LogP contribution in [0, 0.1) is 5.82 Å². The number of alkyl halides is 2. The number of carbonyl (C=O) groups is 3. The molecule has 2 aliphatic carbocycles. The summed E-state index contributed by atoms with van der Waals surface area (Å²) in [4.78, 5) is 41.8. The lowest BCUT2D eigenvalue weighted by Gasteiger charge is -2.38. The molecule has 1 saturated heterocycles. The molecule has 1 unspecified atom stereocenters. The third-order valence-electron chi connectivity index (χ3n) is 6.78. The van der Waals surface area contributed by atoms with Crippen LogP contribution in [0.25, 0.3) is 0 Å². The van der Waals surface area contributed by atoms with Gasteiger partial charge >= 0.3 is 6.09 Å². The second kappa shape index (κ2) is 9.48. The highest BCUT2D eigenvalue weighted by Crippen LogP contribution is 2.45. The van der Waals surface area contributed by atoms with E-state index < -0.39 is 54.6 Å². The smallest absolute Gasteiger partial charge is 0.410 e. The van der Waals surface area contributed by atoms with Crippen LogP contribution < -0.4 is 10.2 Å². The van der Waals surface area contributed by atoms with E-state index in [1.165, 1.54) is 28.0 Å². The van der Waals surface area contributed by atoms with Gasteiger partial charge in [-0.2, -0.15) is 0 Å². The number of ether oxygens (including phenoxy) is 1. The summed E-state index contributed by atoms with van der Waals surface area (Å²) in [7, 11) is 0. The van der Waals surface area contributed by atoms with Crippen molar-refractivity contribution < 1.29 is 32.3 Å². The van der Waals surface area contributed by atoms with Crippen molar-refractivity contribution in [1.82, 2.24) is 10.2 Å². The quantitative estimate of drug-likeness (QED) is 0.590. The summed E-state index contributed by atoms with van der Waals surface area (Å²) in [6.45, 7) is -0.0448. The lowest BCUT2D eigenvalue weighted by atomic mass is 9.87. The number of hydrogen-bond donors (Lipinski definition) is 1. The monoisotopic (exact) mass is 501 g/mol. The Balaban J connectivity index is 1.55. The topological polar surface area (TPSA) is 79.0 Å². The van der Waals surface area contributed by atoms with Gasteiger partial charge in [0.1, 0.15) is 25.0 Å². The van der Waals surface area contributed by atoms with Crippen molar-refractivity contribution in [3.05, 3.63) is 65.5 Å². The molecule has 1 aliphatic heterocycles. The number of halogens is 3. The molecule has 1 heterocycles. The molecule has 7 nitrogen and oxygen atoms in total. The predicted octanol–water partition coefficient (Wildman–Crippen LogP) is 4.14. The summed E-state index contributed by atoms with van der Waals surface area (Å²) >= 11 is 0. The highest BCUT2D eigenvalue weighted by atomic mass is 19.3. The number of anilines is 1. The van der Waals surface area contributed by atoms with Crippen molar-refractivity contribution in [1.29, 1.82) is 0 Å². The number of carbonyl (C=O) groups excluding carboxylic acids is 3. The van der Waals surface area contributed by atoms with E-state index >= 15 is 0 Å². The summed E-state index contributed by atoms with van der Waals surface area (Å²) in [6, 6.07) is 10.5. The van der Waals surface area contributed by atoms with Gasteiger partial charge in [-0.05, 0) is 48.1 Å². The van der Waals surface area contributed by atoms with E-state index in [4.69, 9.17) is 4.74 Å². The molecule has 2 aromatic carbocycles. The van der Waals surface area contributed by atoms with E-state index in [2.05, 4.69) is 5.32 Å². The minimum atomic E-state index is -2.84. The predicted molar refractivity (Wildman–Crippen MR) is 124 cm³/mol. The van der Waals surface area contributed by atoms with E-state index in [1.54, 1.807) is 12.1 Å². The zero-order chi connectivity index (χ0) is 25.4. The molecular weight excluding hydrogens is 475 g/mol. The Morgan fingerprint density at radius 3 is 2.53 bits per heavy atom. The maximum Gasteiger partial charge on any atom is 0.410 e. The maximum absolute atomic E-state index is 14.3. The zero-order valence-corrected chi connectivity index (χ0v) is 19.5. The SMILES string of the molecule is O=C(NC1CC(F)(F)C1)C(c1ccccc1C1CC1)N(C(=O)CN1CCOC1=O)c1cccc(F)c1. The van der Waals surface area contributed by atoms with Gasteiger partial charge in [-0.3, -0.25) is 19.4 Å². The lowest BCUT2D eigenvalue weighted by molar-refractivity contribution is -0.132. The third kappa shape index (κ3) is 5.03. The van der Waals surface area contributed by atoms with Crippen LogP contribution in [0.4, 0.5) is 23.7 Å². The summed E-state index contributed by atoms with van der Waals surface area (Å²) in [5.74, 6) is -4.50. The minimum Gasteiger partial charge on any atom is -0.448 e. The van der Waals surface area contributed by atoms with Crippen LogP contribution in [0.1, 0.15) is 48.8 Å². The van der Waals surface area contributed by atoms with Crippen LogP contribution in [0.5, 0.6) is 0 Å². The Morgan fingerprint density at radius 2 is 1.89 bits per heavy atom. The van der Waals surface area contributed by atoms with E-state index in [0.29, 0.717) is 5.56 Å². The van der Waals surface area contributed by atoms with Gasteiger partial charge in [0.05, 0.1) is 6.54 Å². The van der Waals surface area contributed by atoms with Crippen molar-refractivity contribution in [2.75, 3.05) is 24.6 Å². The molecule has 0 aromatic heterocycles. The maximum atomic E-state index is 14.3. The summed E-state index contributed by atoms with van der Waals surface area (Å²) in [5.41, 5.74) is 1.55. The lowest BCUT2D eigenvalue weighted by Crippen LogP contribution is -2.55. The number of amides is 3. The van der Waals surface area contributed by atoms with Crippen LogP contribution in [0.2, 0.25) is 0 Å². The molecule has 2 saturated carbocycles. The van der Waals surface area contributed by atoms with Gasteiger partial charge in [-0.15, -0.1) is 0 Å². The van der Waals surface area contributed by atoms with Gasteiger partial charge in [-0.1, -0.05) is 30.3 Å². The van der Waals surface area contributed by atoms with Crippen LogP contribution in [-0.4, -0.2) is 54.5 Å². The molecule has 5 rings (SSSR count). The van der Waals surface area contributed by atoms with Crippen LogP contribution >= 0.6 is 0 Å². The second-order valence-electron chi connectivity index (χ2n) is 9.55. The van der Waals surface area contributed by atoms with Crippen molar-refractivity contribution in [3.63, 3.8) is 0 Å². The Kier molecular flexibility index (Phi) is 6.36. The molecule has 3 aliphatic rings. The van der Waals surface area contributed by atoms with E-state index in [0.717, 1.165) is 24.5 Å². The number of rotatable bonds is 8. The second-order valence-corrected chi connectivity index (χ2v) is 9.55. The van der Waals surface area contributed by atoms with Crippen LogP contribution in [0.15, 0.2) is 48.5 Å². The molecule has 36 heavy (non-hydrogen) atoms. The Bertz CT molecular complexity index is 1180. The molecule has 0 radical (unpaired) electrons. The van der Waals surface area contributed by atoms with Crippen molar-refractivity contribution in [3.8, 4) is 0 Å². The number of hydrogen-bond acceptors (Lipinski definition) is 4. The summed E-state index contributed by atoms with van der Waals surface area (Å²) < 4.78 is 46.2. The van der Waals surface area contributed by atoms with Gasteiger partial charge in [0.2, 0.25) is 11.8 Å². The molecule has 3 amide bonds. The largest absolute Gasteiger partial charge is 0.448 e. The molecule has 1 atom stereocenters. The average Bonchev–Trinajstić information content (AvgIpc) is 3.58. The molecule has 0 spiro atoms. The number of nitrogens with zero attached hydrogens (tertiary/aromatic N) is 2. The van der Waals surface area contributed by atoms with E-state index in [-0.39, 0.29) is 31.3 Å². The first-order chi connectivity index (χ1) is 17.2. The Hall–Kier alpha value is -3.56. The van der Waals surface area contributed by atoms with E-state index in [1.807, 2.05) is 12.1 Å². The summed E-state index contributed by atoms with van der Waals surface area (Å²) in [6.07, 6.45) is 0.229. The van der Waals surface area contributed by atoms with Gasteiger partial charge < -0.3 is 10.1 Å². The normalized spacial score (nSPS) is 19.9. The van der Waals surface area contributed by atoms with Gasteiger partial charge in [0, 0.05) is 24.6 Å². The molecule has 10 heteroatoms. The molecule has 3 fully saturated rings. The molecule has 1 N–H and O–H groups in total. The van der Waals surface area contributed by atoms with Crippen molar-refractivity contribution in [2.45, 2.75) is 49.6 Å². The first-order valence-corrected chi connectivity index (χ1v) is 12.0. The molecule has 190 valence electrons. The first kappa shape index (κ1) is 24.1. The van der Waals surface area contributed by atoms with E-state index in [9.17, 15) is 27.6 Å². The van der Waals surface area contributed by atoms with Gasteiger partial charge in [-0.25, -0.2) is 18.0 Å². The highest BCUT2D eigenvalue weighted by Gasteiger charge is 2.47. The average molecular weight is 502 g/mol. The van der Waals surface area contributed by atoms with Gasteiger partial charge in [0.15, 0.2) is 0 Å². The minimum absolute atomic E-state index is 0.122. The van der Waals surface area contributed by atoms with Crippen LogP contribution in [-0.2, 0) is 14.3 Å². The van der Waals surface area contributed by atoms with Crippen molar-refractivity contribution in [2.24, 2.45) is 0 Å². The van der Waals surface area contributed by atoms with Gasteiger partial charge in [0.25, 0.3) is 5.92 Å². The fraction of sp³-hybridized carbons (Fsp3) is 0.423. The number of benzene rings is 2. The molecule has 0 bridgehead atoms. The molecule has 2 aromatic rings. The first-order valence-electron chi connectivity index (χ1n) is 12.0. The fourth-order valence-corrected chi connectivity index (χ4v) is 4.84.